The highest BCUT2D eigenvalue weighted by atomic mass is 16.6. The molecule has 0 aromatic heterocycles. The minimum atomic E-state index is -0.484. The van der Waals surface area contributed by atoms with Crippen molar-refractivity contribution >= 4 is 6.09 Å². The fourth-order valence-corrected chi connectivity index (χ4v) is 3.19. The summed E-state index contributed by atoms with van der Waals surface area (Å²) in [6, 6.07) is 5.83. The minimum absolute atomic E-state index is 0.000775. The molecule has 1 amide bonds. The number of amides is 1. The van der Waals surface area contributed by atoms with Gasteiger partial charge in [-0.05, 0) is 26.8 Å². The van der Waals surface area contributed by atoms with E-state index < -0.39 is 5.60 Å². The van der Waals surface area contributed by atoms with Gasteiger partial charge >= 0.3 is 6.09 Å². The molecule has 7 heteroatoms. The second-order valence-electron chi connectivity index (χ2n) is 7.34. The predicted molar refractivity (Wildman–Crippen MR) is 101 cm³/mol. The largest absolute Gasteiger partial charge is 0.493 e. The summed E-state index contributed by atoms with van der Waals surface area (Å²) >= 11 is 0. The molecule has 146 valence electrons. The Morgan fingerprint density at radius 2 is 1.81 bits per heavy atom. The number of rotatable bonds is 5. The van der Waals surface area contributed by atoms with E-state index in [1.807, 2.05) is 39.0 Å². The van der Waals surface area contributed by atoms with E-state index >= 15 is 0 Å². The number of benzene rings is 1. The van der Waals surface area contributed by atoms with Crippen molar-refractivity contribution in [3.05, 3.63) is 23.8 Å². The van der Waals surface area contributed by atoms with Crippen molar-refractivity contribution in [1.29, 1.82) is 0 Å². The van der Waals surface area contributed by atoms with Crippen LogP contribution in [-0.2, 0) is 4.74 Å². The molecule has 1 saturated heterocycles. The van der Waals surface area contributed by atoms with Crippen molar-refractivity contribution in [2.24, 2.45) is 5.73 Å². The molecule has 1 aromatic carbocycles. The number of hydrogen-bond donors (Lipinski definition) is 1. The number of nitrogens with two attached hydrogens (primary N) is 1. The van der Waals surface area contributed by atoms with Crippen LogP contribution in [0.5, 0.6) is 11.5 Å². The molecule has 0 bridgehead atoms. The Morgan fingerprint density at radius 3 is 2.31 bits per heavy atom. The van der Waals surface area contributed by atoms with E-state index in [-0.39, 0.29) is 12.1 Å². The Bertz CT molecular complexity index is 607. The Labute approximate surface area is 156 Å². The summed E-state index contributed by atoms with van der Waals surface area (Å²) in [4.78, 5) is 16.3. The van der Waals surface area contributed by atoms with Crippen LogP contribution in [0, 0.1) is 0 Å². The normalized spacial score (nSPS) is 16.9. The number of piperazine rings is 1. The van der Waals surface area contributed by atoms with Crippen LogP contribution in [0.2, 0.25) is 0 Å². The zero-order valence-electron chi connectivity index (χ0n) is 16.4. The fraction of sp³-hybridized carbons (Fsp3) is 0.632. The van der Waals surface area contributed by atoms with Gasteiger partial charge in [0.25, 0.3) is 0 Å². The SMILES string of the molecule is COc1cccc(C(CN)N2CCN(C(=O)OC(C)(C)C)CC2)c1OC. The number of ether oxygens (including phenoxy) is 3. The maximum Gasteiger partial charge on any atom is 0.410 e. The molecule has 2 rings (SSSR count). The molecule has 1 aliphatic heterocycles. The lowest BCUT2D eigenvalue weighted by Gasteiger charge is -2.39. The quantitative estimate of drug-likeness (QED) is 0.862. The Morgan fingerprint density at radius 1 is 1.15 bits per heavy atom. The summed E-state index contributed by atoms with van der Waals surface area (Å²) in [5, 5.41) is 0. The summed E-state index contributed by atoms with van der Waals surface area (Å²) in [7, 11) is 3.26. The summed E-state index contributed by atoms with van der Waals surface area (Å²) in [5.41, 5.74) is 6.60. The third kappa shape index (κ3) is 4.80. The monoisotopic (exact) mass is 365 g/mol. The van der Waals surface area contributed by atoms with Crippen molar-refractivity contribution in [1.82, 2.24) is 9.80 Å². The average Bonchev–Trinajstić information content (AvgIpc) is 2.61. The van der Waals surface area contributed by atoms with Crippen molar-refractivity contribution in [2.45, 2.75) is 32.4 Å². The van der Waals surface area contributed by atoms with Gasteiger partial charge in [0.15, 0.2) is 11.5 Å². The molecule has 2 N–H and O–H groups in total. The van der Waals surface area contributed by atoms with Gasteiger partial charge in [-0.3, -0.25) is 4.90 Å². The van der Waals surface area contributed by atoms with Crippen molar-refractivity contribution in [3.8, 4) is 11.5 Å². The van der Waals surface area contributed by atoms with Crippen LogP contribution < -0.4 is 15.2 Å². The molecule has 26 heavy (non-hydrogen) atoms. The first-order valence-electron chi connectivity index (χ1n) is 8.93. The molecule has 1 aliphatic rings. The van der Waals surface area contributed by atoms with Gasteiger partial charge in [-0.15, -0.1) is 0 Å². The van der Waals surface area contributed by atoms with Gasteiger partial charge in [0.1, 0.15) is 5.60 Å². The highest BCUT2D eigenvalue weighted by molar-refractivity contribution is 5.68. The zero-order chi connectivity index (χ0) is 19.3. The third-order valence-corrected chi connectivity index (χ3v) is 4.42. The topological polar surface area (TPSA) is 77.3 Å². The Balaban J connectivity index is 2.09. The van der Waals surface area contributed by atoms with Crippen LogP contribution in [0.1, 0.15) is 32.4 Å². The van der Waals surface area contributed by atoms with Crippen LogP contribution >= 0.6 is 0 Å². The molecule has 0 spiro atoms. The summed E-state index contributed by atoms with van der Waals surface area (Å²) in [6.45, 7) is 8.75. The van der Waals surface area contributed by atoms with Crippen LogP contribution in [-0.4, -0.2) is 68.4 Å². The van der Waals surface area contributed by atoms with E-state index in [2.05, 4.69) is 4.90 Å². The van der Waals surface area contributed by atoms with Crippen LogP contribution in [0.4, 0.5) is 4.79 Å². The van der Waals surface area contributed by atoms with E-state index in [1.165, 1.54) is 0 Å². The number of hydrogen-bond acceptors (Lipinski definition) is 6. The van der Waals surface area contributed by atoms with Crippen LogP contribution in [0.3, 0.4) is 0 Å². The van der Waals surface area contributed by atoms with Gasteiger partial charge in [-0.1, -0.05) is 12.1 Å². The maximum absolute atomic E-state index is 12.2. The van der Waals surface area contributed by atoms with Crippen molar-refractivity contribution in [3.63, 3.8) is 0 Å². The van der Waals surface area contributed by atoms with Gasteiger partial charge in [0.2, 0.25) is 0 Å². The van der Waals surface area contributed by atoms with Gasteiger partial charge in [0.05, 0.1) is 20.3 Å². The molecular weight excluding hydrogens is 334 g/mol. The molecular formula is C19H31N3O4. The van der Waals surface area contributed by atoms with E-state index in [4.69, 9.17) is 19.9 Å². The number of carbonyl (C=O) groups is 1. The molecule has 0 radical (unpaired) electrons. The lowest BCUT2D eigenvalue weighted by atomic mass is 10.0. The standard InChI is InChI=1S/C19H31N3O4/c1-19(2,3)26-18(23)22-11-9-21(10-12-22)15(13-20)14-7-6-8-16(24-4)17(14)25-5/h6-8,15H,9-13,20H2,1-5H3. The van der Waals surface area contributed by atoms with Gasteiger partial charge in [-0.25, -0.2) is 4.79 Å². The van der Waals surface area contributed by atoms with Gasteiger partial charge in [-0.2, -0.15) is 0 Å². The van der Waals surface area contributed by atoms with Crippen LogP contribution in [0.25, 0.3) is 0 Å². The molecule has 1 fully saturated rings. The molecule has 0 saturated carbocycles. The third-order valence-electron chi connectivity index (χ3n) is 4.42. The zero-order valence-corrected chi connectivity index (χ0v) is 16.4. The first kappa shape index (κ1) is 20.3. The fourth-order valence-electron chi connectivity index (χ4n) is 3.19. The number of nitrogens with zero attached hydrogens (tertiary/aromatic N) is 2. The minimum Gasteiger partial charge on any atom is -0.493 e. The molecule has 0 aliphatic carbocycles. The van der Waals surface area contributed by atoms with Gasteiger partial charge < -0.3 is 24.8 Å². The number of methoxy groups -OCH3 is 2. The van der Waals surface area contributed by atoms with Crippen LogP contribution in [0.15, 0.2) is 18.2 Å². The molecule has 7 nitrogen and oxygen atoms in total. The predicted octanol–water partition coefficient (Wildman–Crippen LogP) is 2.26. The summed E-state index contributed by atoms with van der Waals surface area (Å²) < 4.78 is 16.4. The Hall–Kier alpha value is -1.99. The molecule has 1 heterocycles. The molecule has 1 unspecified atom stereocenters. The average molecular weight is 365 g/mol. The lowest BCUT2D eigenvalue weighted by molar-refractivity contribution is 0.0105. The second kappa shape index (κ2) is 8.60. The Kier molecular flexibility index (Phi) is 6.72. The van der Waals surface area contributed by atoms with E-state index in [0.29, 0.717) is 31.1 Å². The highest BCUT2D eigenvalue weighted by Crippen LogP contribution is 2.36. The van der Waals surface area contributed by atoms with Crippen molar-refractivity contribution < 1.29 is 19.0 Å². The van der Waals surface area contributed by atoms with Gasteiger partial charge in [0, 0.05) is 38.3 Å². The van der Waals surface area contributed by atoms with Crippen molar-refractivity contribution in [2.75, 3.05) is 46.9 Å². The highest BCUT2D eigenvalue weighted by Gasteiger charge is 2.30. The summed E-state index contributed by atoms with van der Waals surface area (Å²) in [5.74, 6) is 1.40. The number of para-hydroxylation sites is 1. The first-order chi connectivity index (χ1) is 12.3. The maximum atomic E-state index is 12.2. The lowest BCUT2D eigenvalue weighted by Crippen LogP contribution is -2.51. The number of carbonyl (C=O) groups excluding carboxylic acids is 1. The van der Waals surface area contributed by atoms with E-state index in [9.17, 15) is 4.79 Å². The smallest absolute Gasteiger partial charge is 0.410 e. The summed E-state index contributed by atoms with van der Waals surface area (Å²) in [6.07, 6.45) is -0.264. The van der Waals surface area contributed by atoms with E-state index in [0.717, 1.165) is 18.7 Å². The van der Waals surface area contributed by atoms with E-state index in [1.54, 1.807) is 19.1 Å². The molecule has 1 atom stereocenters. The first-order valence-corrected chi connectivity index (χ1v) is 8.93. The second-order valence-corrected chi connectivity index (χ2v) is 7.34. The molecule has 1 aromatic rings.